The van der Waals surface area contributed by atoms with Gasteiger partial charge in [0.25, 0.3) is 11.4 Å². The van der Waals surface area contributed by atoms with Crippen molar-refractivity contribution in [1.29, 1.82) is 0 Å². The minimum atomic E-state index is -1.93. The lowest BCUT2D eigenvalue weighted by Crippen LogP contribution is -2.42. The molecule has 2 amide bonds. The first kappa shape index (κ1) is 30.5. The maximum Gasteiger partial charge on any atom is 0.421 e. The monoisotopic (exact) mass is 610 g/mol. The molecule has 0 aromatic heterocycles. The predicted molar refractivity (Wildman–Crippen MR) is 134 cm³/mol. The number of hydrogen-bond donors (Lipinski definition) is 1. The van der Waals surface area contributed by atoms with Gasteiger partial charge in [-0.3, -0.25) is 29.8 Å². The Bertz CT molecular complexity index is 1370. The molecule has 0 unspecified atom stereocenters. The molecular formula is C20H14Cl4N4O10. The normalized spacial score (nSPS) is 10.4. The second kappa shape index (κ2) is 12.7. The Hall–Kier alpha value is -3.72. The van der Waals surface area contributed by atoms with Crippen LogP contribution in [0.25, 0.3) is 0 Å². The number of hydrogen-bond acceptors (Lipinski definition) is 10. The summed E-state index contributed by atoms with van der Waals surface area (Å²) in [6.07, 6.45) is 0.0197. The Kier molecular flexibility index (Phi) is 10.2. The Morgan fingerprint density at radius 2 is 1.53 bits per heavy atom. The summed E-state index contributed by atoms with van der Waals surface area (Å²) in [7, 11) is 0. The van der Waals surface area contributed by atoms with Crippen LogP contribution in [0.5, 0.6) is 0 Å². The number of hydroxylamine groups is 1. The van der Waals surface area contributed by atoms with Gasteiger partial charge in [0.1, 0.15) is 5.69 Å². The van der Waals surface area contributed by atoms with E-state index in [1.54, 1.807) is 0 Å². The standard InChI is InChI=1S/C20H14Cl4N4O10/c1-3-8-15(24)11(23)5-12(16(8)28(35)36)25-17(29)19(31)38-26(18(30)20(32)37-4-2)13-6-9(21)10(22)7-14(13)27(33)34/h5-7H,3-4H2,1-2H3,(H,25,29). The van der Waals surface area contributed by atoms with Crippen LogP contribution in [-0.4, -0.2) is 40.2 Å². The molecule has 0 aliphatic rings. The highest BCUT2D eigenvalue weighted by Crippen LogP contribution is 2.40. The molecule has 0 atom stereocenters. The number of benzene rings is 2. The van der Waals surface area contributed by atoms with E-state index in [0.717, 1.165) is 12.1 Å². The van der Waals surface area contributed by atoms with E-state index < -0.39 is 56.3 Å². The zero-order valence-corrected chi connectivity index (χ0v) is 22.1. The number of ether oxygens (including phenoxy) is 1. The number of nitrogens with zero attached hydrogens (tertiary/aromatic N) is 3. The highest BCUT2D eigenvalue weighted by molar-refractivity contribution is 6.44. The topological polar surface area (TPSA) is 188 Å². The van der Waals surface area contributed by atoms with E-state index in [2.05, 4.69) is 4.74 Å². The third-order valence-electron chi connectivity index (χ3n) is 4.50. The second-order valence-corrected chi connectivity index (χ2v) is 8.42. The van der Waals surface area contributed by atoms with Gasteiger partial charge >= 0.3 is 23.8 Å². The van der Waals surface area contributed by atoms with Gasteiger partial charge in [0.2, 0.25) is 0 Å². The first-order valence-electron chi connectivity index (χ1n) is 10.1. The number of amides is 2. The van der Waals surface area contributed by atoms with Crippen molar-refractivity contribution in [2.24, 2.45) is 0 Å². The highest BCUT2D eigenvalue weighted by Gasteiger charge is 2.37. The number of carbonyl (C=O) groups excluding carboxylic acids is 4. The van der Waals surface area contributed by atoms with Crippen molar-refractivity contribution < 1.29 is 38.6 Å². The molecule has 0 radical (unpaired) electrons. The fourth-order valence-electron chi connectivity index (χ4n) is 2.90. The Balaban J connectivity index is 2.54. The van der Waals surface area contributed by atoms with Gasteiger partial charge < -0.3 is 14.9 Å². The van der Waals surface area contributed by atoms with E-state index in [-0.39, 0.29) is 43.7 Å². The Morgan fingerprint density at radius 3 is 2.05 bits per heavy atom. The fraction of sp³-hybridized carbons (Fsp3) is 0.200. The summed E-state index contributed by atoms with van der Waals surface area (Å²) in [6.45, 7) is 2.55. The molecule has 0 saturated heterocycles. The third-order valence-corrected chi connectivity index (χ3v) is 6.05. The average molecular weight is 612 g/mol. The summed E-state index contributed by atoms with van der Waals surface area (Å²) in [6, 6.07) is 2.32. The van der Waals surface area contributed by atoms with E-state index in [1.165, 1.54) is 13.8 Å². The molecule has 38 heavy (non-hydrogen) atoms. The number of nitro groups is 2. The minimum Gasteiger partial charge on any atom is -0.459 e. The number of carbonyl (C=O) groups is 4. The number of esters is 1. The molecule has 0 saturated carbocycles. The summed E-state index contributed by atoms with van der Waals surface area (Å²) in [5, 5.41) is 23.8. The first-order chi connectivity index (χ1) is 17.7. The van der Waals surface area contributed by atoms with Crippen LogP contribution in [-0.2, 0) is 35.2 Å². The lowest BCUT2D eigenvalue weighted by Gasteiger charge is -2.20. The van der Waals surface area contributed by atoms with Gasteiger partial charge in [-0.15, -0.1) is 5.06 Å². The molecule has 18 heteroatoms. The van der Waals surface area contributed by atoms with Gasteiger partial charge in [-0.25, -0.2) is 9.59 Å². The summed E-state index contributed by atoms with van der Waals surface area (Å²) < 4.78 is 4.54. The van der Waals surface area contributed by atoms with Crippen LogP contribution in [0.4, 0.5) is 22.7 Å². The van der Waals surface area contributed by atoms with Crippen LogP contribution < -0.4 is 10.4 Å². The van der Waals surface area contributed by atoms with E-state index in [0.29, 0.717) is 6.07 Å². The van der Waals surface area contributed by atoms with Gasteiger partial charge in [-0.05, 0) is 25.5 Å². The number of anilines is 2. The van der Waals surface area contributed by atoms with Crippen LogP contribution in [0.1, 0.15) is 19.4 Å². The molecule has 0 fully saturated rings. The molecule has 0 spiro atoms. The lowest BCUT2D eigenvalue weighted by molar-refractivity contribution is -0.384. The van der Waals surface area contributed by atoms with Crippen LogP contribution in [0.3, 0.4) is 0 Å². The second-order valence-electron chi connectivity index (χ2n) is 6.82. The van der Waals surface area contributed by atoms with Crippen molar-refractivity contribution in [2.45, 2.75) is 20.3 Å². The molecule has 0 aliphatic heterocycles. The summed E-state index contributed by atoms with van der Waals surface area (Å²) in [4.78, 5) is 75.8. The van der Waals surface area contributed by atoms with Gasteiger partial charge in [-0.2, -0.15) is 0 Å². The first-order valence-corrected chi connectivity index (χ1v) is 11.6. The van der Waals surface area contributed by atoms with Crippen LogP contribution in [0.2, 0.25) is 20.1 Å². The van der Waals surface area contributed by atoms with Crippen LogP contribution in [0.15, 0.2) is 18.2 Å². The average Bonchev–Trinajstić information content (AvgIpc) is 2.84. The van der Waals surface area contributed by atoms with Crippen molar-refractivity contribution in [1.82, 2.24) is 0 Å². The smallest absolute Gasteiger partial charge is 0.421 e. The molecule has 14 nitrogen and oxygen atoms in total. The third kappa shape index (κ3) is 6.58. The van der Waals surface area contributed by atoms with Gasteiger partial charge in [0, 0.05) is 6.07 Å². The predicted octanol–water partition coefficient (Wildman–Crippen LogP) is 4.67. The quantitative estimate of drug-likeness (QED) is 0.208. The summed E-state index contributed by atoms with van der Waals surface area (Å²) in [5.74, 6) is -7.00. The molecule has 0 heterocycles. The van der Waals surface area contributed by atoms with E-state index in [4.69, 9.17) is 51.2 Å². The number of nitrogens with one attached hydrogen (secondary N) is 1. The molecule has 0 aliphatic carbocycles. The summed E-state index contributed by atoms with van der Waals surface area (Å²) >= 11 is 23.6. The molecule has 0 bridgehead atoms. The minimum absolute atomic E-state index is 0.0197. The van der Waals surface area contributed by atoms with E-state index in [1.807, 2.05) is 5.32 Å². The van der Waals surface area contributed by atoms with Crippen LogP contribution >= 0.6 is 46.4 Å². The molecular weight excluding hydrogens is 598 g/mol. The van der Waals surface area contributed by atoms with E-state index >= 15 is 0 Å². The molecule has 2 aromatic carbocycles. The largest absolute Gasteiger partial charge is 0.459 e. The van der Waals surface area contributed by atoms with Gasteiger partial charge in [0.15, 0.2) is 5.69 Å². The molecule has 1 N–H and O–H groups in total. The van der Waals surface area contributed by atoms with Crippen molar-refractivity contribution in [3.63, 3.8) is 0 Å². The fourth-order valence-corrected chi connectivity index (χ4v) is 3.72. The zero-order valence-electron chi connectivity index (χ0n) is 19.1. The van der Waals surface area contributed by atoms with Gasteiger partial charge in [0.05, 0.1) is 42.1 Å². The van der Waals surface area contributed by atoms with Crippen molar-refractivity contribution >= 4 is 92.9 Å². The van der Waals surface area contributed by atoms with Crippen molar-refractivity contribution in [3.8, 4) is 0 Å². The van der Waals surface area contributed by atoms with Crippen LogP contribution in [0, 0.1) is 20.2 Å². The Morgan fingerprint density at radius 1 is 0.921 bits per heavy atom. The molecule has 2 aromatic rings. The lowest BCUT2D eigenvalue weighted by atomic mass is 10.1. The summed E-state index contributed by atoms with van der Waals surface area (Å²) in [5.41, 5.74) is -3.09. The molecule has 2 rings (SSSR count). The maximum absolute atomic E-state index is 12.7. The highest BCUT2D eigenvalue weighted by atomic mass is 35.5. The number of nitro benzene ring substituents is 2. The SMILES string of the molecule is CCOC(=O)C(=O)N(OC(=O)C(=O)Nc1cc(Cl)c(Cl)c(CC)c1[N+](=O)[O-])c1cc(Cl)c(Cl)cc1[N+](=O)[O-]. The maximum atomic E-state index is 12.7. The zero-order chi connectivity index (χ0) is 28.9. The van der Waals surface area contributed by atoms with E-state index in [9.17, 15) is 39.4 Å². The molecule has 202 valence electrons. The Labute approximate surface area is 232 Å². The van der Waals surface area contributed by atoms with Gasteiger partial charge in [-0.1, -0.05) is 53.3 Å². The number of halogens is 4. The number of rotatable bonds is 6. The van der Waals surface area contributed by atoms with Crippen molar-refractivity contribution in [3.05, 3.63) is 64.1 Å². The van der Waals surface area contributed by atoms with Crippen molar-refractivity contribution in [2.75, 3.05) is 17.0 Å².